The Kier molecular flexibility index (Phi) is 5.83. The number of phenolic OH excluding ortho intramolecular Hbond substituents is 1. The summed E-state index contributed by atoms with van der Waals surface area (Å²) in [5.41, 5.74) is 2.17. The fraction of sp³-hybridized carbons (Fsp3) is 0.320. The van der Waals surface area contributed by atoms with Gasteiger partial charge in [0.15, 0.2) is 16.2 Å². The number of rotatable bonds is 6. The zero-order chi connectivity index (χ0) is 23.9. The average Bonchev–Trinajstić information content (AvgIpc) is 3.45. The second-order valence-electron chi connectivity index (χ2n) is 8.48. The normalized spacial score (nSPS) is 15.1. The van der Waals surface area contributed by atoms with E-state index in [0.717, 1.165) is 30.6 Å². The second-order valence-corrected chi connectivity index (χ2v) is 9.99. The van der Waals surface area contributed by atoms with Gasteiger partial charge in [0.1, 0.15) is 11.4 Å². The molecule has 0 radical (unpaired) electrons. The number of aromatic nitrogens is 2. The summed E-state index contributed by atoms with van der Waals surface area (Å²) in [7, 11) is -2.88. The van der Waals surface area contributed by atoms with Crippen molar-refractivity contribution in [1.29, 1.82) is 0 Å². The molecular formula is C25H26N2O6S. The van der Waals surface area contributed by atoms with Crippen LogP contribution in [0.3, 0.4) is 0 Å². The van der Waals surface area contributed by atoms with Crippen molar-refractivity contribution in [2.45, 2.75) is 50.0 Å². The van der Waals surface area contributed by atoms with Crippen LogP contribution in [0.5, 0.6) is 11.5 Å². The van der Waals surface area contributed by atoms with Crippen molar-refractivity contribution in [3.05, 3.63) is 54.4 Å². The van der Waals surface area contributed by atoms with Gasteiger partial charge in [0.2, 0.25) is 0 Å². The number of ether oxygens (including phenoxy) is 1. The van der Waals surface area contributed by atoms with Gasteiger partial charge in [0.05, 0.1) is 36.1 Å². The second kappa shape index (κ2) is 8.81. The molecule has 1 fully saturated rings. The van der Waals surface area contributed by atoms with Gasteiger partial charge >= 0.3 is 10.1 Å². The van der Waals surface area contributed by atoms with Gasteiger partial charge in [-0.15, -0.1) is 0 Å². The molecule has 1 N–H and O–H groups in total. The molecule has 1 aliphatic rings. The van der Waals surface area contributed by atoms with Crippen LogP contribution < -0.4 is 4.74 Å². The number of aromatic hydroxyl groups is 1. The highest BCUT2D eigenvalue weighted by Gasteiger charge is 2.35. The Morgan fingerprint density at radius 2 is 1.85 bits per heavy atom. The molecule has 1 saturated carbocycles. The van der Waals surface area contributed by atoms with E-state index in [0.29, 0.717) is 23.9 Å². The summed E-state index contributed by atoms with van der Waals surface area (Å²) >= 11 is 0. The number of fused-ring (bicyclic) bond motifs is 1. The molecule has 1 aliphatic carbocycles. The van der Waals surface area contributed by atoms with Crippen molar-refractivity contribution in [2.24, 2.45) is 0 Å². The number of hydrogen-bond donors (Lipinski definition) is 1. The van der Waals surface area contributed by atoms with Gasteiger partial charge in [-0.25, -0.2) is 4.68 Å². The van der Waals surface area contributed by atoms with Crippen LogP contribution in [0.2, 0.25) is 0 Å². The highest BCUT2D eigenvalue weighted by molar-refractivity contribution is 7.87. The van der Waals surface area contributed by atoms with E-state index in [2.05, 4.69) is 5.10 Å². The minimum absolute atomic E-state index is 0.00637. The molecule has 0 atom stereocenters. The highest BCUT2D eigenvalue weighted by atomic mass is 32.2. The van der Waals surface area contributed by atoms with Gasteiger partial charge < -0.3 is 14.3 Å². The molecule has 5 rings (SSSR count). The molecule has 0 spiro atoms. The first-order valence-corrected chi connectivity index (χ1v) is 12.7. The van der Waals surface area contributed by atoms with Crippen LogP contribution >= 0.6 is 0 Å². The van der Waals surface area contributed by atoms with E-state index < -0.39 is 26.9 Å². The highest BCUT2D eigenvalue weighted by Crippen LogP contribution is 2.49. The minimum Gasteiger partial charge on any atom is -0.505 e. The monoisotopic (exact) mass is 482 g/mol. The minimum atomic E-state index is -4.33. The van der Waals surface area contributed by atoms with Gasteiger partial charge in [-0.05, 0) is 44.0 Å². The summed E-state index contributed by atoms with van der Waals surface area (Å²) in [5.74, 6) is -0.233. The van der Waals surface area contributed by atoms with E-state index in [4.69, 9.17) is 13.3 Å². The molecule has 0 amide bonds. The summed E-state index contributed by atoms with van der Waals surface area (Å²) in [5, 5.41) is 16.4. The summed E-state index contributed by atoms with van der Waals surface area (Å²) < 4.78 is 45.2. The molecule has 8 nitrogen and oxygen atoms in total. The van der Waals surface area contributed by atoms with E-state index in [1.807, 2.05) is 37.3 Å². The van der Waals surface area contributed by atoms with Gasteiger partial charge in [-0.1, -0.05) is 37.5 Å². The number of aryl methyl sites for hydroxylation is 1. The molecule has 2 heterocycles. The first kappa shape index (κ1) is 22.5. The van der Waals surface area contributed by atoms with Gasteiger partial charge in [-0.3, -0.25) is 4.18 Å². The number of phenols is 1. The Hall–Kier alpha value is -3.30. The molecular weight excluding hydrogens is 456 g/mol. The summed E-state index contributed by atoms with van der Waals surface area (Å²) in [4.78, 5) is -0.402. The Morgan fingerprint density at radius 1 is 1.12 bits per heavy atom. The zero-order valence-corrected chi connectivity index (χ0v) is 19.8. The fourth-order valence-electron chi connectivity index (χ4n) is 4.62. The van der Waals surface area contributed by atoms with Gasteiger partial charge in [0.25, 0.3) is 0 Å². The summed E-state index contributed by atoms with van der Waals surface area (Å²) in [6, 6.07) is 12.9. The molecule has 0 unspecified atom stereocenters. The molecule has 2 aromatic carbocycles. The number of benzene rings is 2. The molecule has 9 heteroatoms. The Labute approximate surface area is 197 Å². The van der Waals surface area contributed by atoms with Crippen LogP contribution in [0.25, 0.3) is 27.9 Å². The summed E-state index contributed by atoms with van der Waals surface area (Å²) in [6.45, 7) is 1.88. The van der Waals surface area contributed by atoms with Crippen molar-refractivity contribution in [3.63, 3.8) is 0 Å². The smallest absolute Gasteiger partial charge is 0.304 e. The number of methoxy groups -OCH3 is 1. The molecule has 0 aliphatic heterocycles. The van der Waals surface area contributed by atoms with Crippen LogP contribution in [0.15, 0.2) is 58.0 Å². The quantitative estimate of drug-likeness (QED) is 0.370. The van der Waals surface area contributed by atoms with Crippen molar-refractivity contribution in [2.75, 3.05) is 7.11 Å². The lowest BCUT2D eigenvalue weighted by molar-refractivity contribution is 0.162. The zero-order valence-electron chi connectivity index (χ0n) is 19.0. The molecule has 178 valence electrons. The van der Waals surface area contributed by atoms with Crippen molar-refractivity contribution >= 4 is 21.1 Å². The lowest BCUT2D eigenvalue weighted by Gasteiger charge is -2.22. The van der Waals surface area contributed by atoms with E-state index in [9.17, 15) is 13.5 Å². The van der Waals surface area contributed by atoms with Crippen LogP contribution in [0.4, 0.5) is 0 Å². The number of para-hydroxylation sites is 1. The standard InChI is InChI=1S/C25H26N2O6S/c1-16-15-20(26-27(16)17-9-5-3-6-10-17)21-22(28)25(24-19(13-14-32-24)23(21)31-2)34(29,30)33-18-11-7-4-8-12-18/h3,5-6,9-10,13-15,18,28H,4,7-8,11-12H2,1-2H3. The molecule has 4 aromatic rings. The largest absolute Gasteiger partial charge is 0.505 e. The molecule has 0 bridgehead atoms. The van der Waals surface area contributed by atoms with Crippen molar-refractivity contribution in [1.82, 2.24) is 9.78 Å². The Morgan fingerprint density at radius 3 is 2.56 bits per heavy atom. The van der Waals surface area contributed by atoms with Gasteiger partial charge in [-0.2, -0.15) is 13.5 Å². The fourth-order valence-corrected chi connectivity index (χ4v) is 6.00. The van der Waals surface area contributed by atoms with Crippen LogP contribution in [0, 0.1) is 6.92 Å². The summed E-state index contributed by atoms with van der Waals surface area (Å²) in [6.07, 6.45) is 5.13. The van der Waals surface area contributed by atoms with E-state index >= 15 is 0 Å². The topological polar surface area (TPSA) is 104 Å². The third-order valence-corrected chi connectivity index (χ3v) is 7.61. The first-order valence-electron chi connectivity index (χ1n) is 11.3. The van der Waals surface area contributed by atoms with E-state index in [-0.39, 0.29) is 16.9 Å². The predicted molar refractivity (Wildman–Crippen MR) is 127 cm³/mol. The molecule has 34 heavy (non-hydrogen) atoms. The van der Waals surface area contributed by atoms with E-state index in [1.54, 1.807) is 16.8 Å². The Balaban J connectivity index is 1.70. The van der Waals surface area contributed by atoms with Crippen molar-refractivity contribution in [3.8, 4) is 28.4 Å². The lowest BCUT2D eigenvalue weighted by atomic mass is 9.98. The van der Waals surface area contributed by atoms with Crippen molar-refractivity contribution < 1.29 is 26.9 Å². The predicted octanol–water partition coefficient (Wildman–Crippen LogP) is 5.35. The first-order chi connectivity index (χ1) is 16.4. The SMILES string of the molecule is COc1c(-c2cc(C)n(-c3ccccc3)n2)c(O)c(S(=O)(=O)OC2CCCCC2)c2occc12. The third-order valence-electron chi connectivity index (χ3n) is 6.21. The van der Waals surface area contributed by atoms with E-state index in [1.165, 1.54) is 13.4 Å². The number of furan rings is 1. The van der Waals surface area contributed by atoms with Crippen LogP contribution in [0.1, 0.15) is 37.8 Å². The molecule has 0 saturated heterocycles. The maximum absolute atomic E-state index is 13.4. The Bertz CT molecular complexity index is 1430. The average molecular weight is 483 g/mol. The third kappa shape index (κ3) is 3.84. The lowest BCUT2D eigenvalue weighted by Crippen LogP contribution is -2.21. The number of nitrogens with zero attached hydrogens (tertiary/aromatic N) is 2. The maximum Gasteiger partial charge on any atom is 0.304 e. The molecule has 2 aromatic heterocycles. The van der Waals surface area contributed by atoms with Crippen LogP contribution in [-0.2, 0) is 14.3 Å². The van der Waals surface area contributed by atoms with Gasteiger partial charge in [0, 0.05) is 5.69 Å². The van der Waals surface area contributed by atoms with Crippen LogP contribution in [-0.4, -0.2) is 36.5 Å². The number of hydrogen-bond acceptors (Lipinski definition) is 7. The maximum atomic E-state index is 13.4.